The summed E-state index contributed by atoms with van der Waals surface area (Å²) in [5.74, 6) is 0. The Morgan fingerprint density at radius 2 is 1.43 bits per heavy atom. The van der Waals surface area contributed by atoms with Crippen LogP contribution in [0.5, 0.6) is 0 Å². The zero-order valence-electron chi connectivity index (χ0n) is 15.0. The molecule has 1 rings (SSSR count). The normalized spacial score (nSPS) is 12.4. The molecule has 3 nitrogen and oxygen atoms in total. The molecule has 3 heteroatoms. The largest absolute Gasteiger partial charge is 0.379 e. The van der Waals surface area contributed by atoms with E-state index in [0.29, 0.717) is 19.8 Å². The molecule has 23 heavy (non-hydrogen) atoms. The molecule has 0 N–H and O–H groups in total. The van der Waals surface area contributed by atoms with E-state index in [9.17, 15) is 0 Å². The lowest BCUT2D eigenvalue weighted by Gasteiger charge is -2.18. The average Bonchev–Trinajstić information content (AvgIpc) is 2.59. The van der Waals surface area contributed by atoms with E-state index >= 15 is 0 Å². The van der Waals surface area contributed by atoms with Gasteiger partial charge in [-0.05, 0) is 18.4 Å². The van der Waals surface area contributed by atoms with Crippen LogP contribution in [0.2, 0.25) is 0 Å². The minimum Gasteiger partial charge on any atom is -0.379 e. The molecule has 0 spiro atoms. The van der Waals surface area contributed by atoms with Crippen LogP contribution in [0.3, 0.4) is 0 Å². The van der Waals surface area contributed by atoms with Gasteiger partial charge in [-0.3, -0.25) is 0 Å². The molecular weight excluding hydrogens is 288 g/mol. The summed E-state index contributed by atoms with van der Waals surface area (Å²) in [6.07, 6.45) is 7.16. The Morgan fingerprint density at radius 1 is 0.783 bits per heavy atom. The van der Waals surface area contributed by atoms with Crippen molar-refractivity contribution < 1.29 is 14.2 Å². The molecule has 0 saturated carbocycles. The van der Waals surface area contributed by atoms with Gasteiger partial charge in [0, 0.05) is 13.2 Å². The van der Waals surface area contributed by atoms with Gasteiger partial charge in [0.1, 0.15) is 6.10 Å². The van der Waals surface area contributed by atoms with Crippen LogP contribution in [0.25, 0.3) is 0 Å². The highest BCUT2D eigenvalue weighted by Gasteiger charge is 2.10. The summed E-state index contributed by atoms with van der Waals surface area (Å²) in [5, 5.41) is 0. The fraction of sp³-hybridized carbons (Fsp3) is 0.700. The molecule has 0 aromatic heterocycles. The average molecular weight is 322 g/mol. The molecule has 0 aliphatic heterocycles. The second-order valence-electron chi connectivity index (χ2n) is 5.98. The van der Waals surface area contributed by atoms with Crippen LogP contribution >= 0.6 is 0 Å². The van der Waals surface area contributed by atoms with Crippen molar-refractivity contribution in [3.05, 3.63) is 35.9 Å². The third-order valence-corrected chi connectivity index (χ3v) is 3.71. The van der Waals surface area contributed by atoms with Crippen molar-refractivity contribution in [2.24, 2.45) is 0 Å². The van der Waals surface area contributed by atoms with Gasteiger partial charge in [0.2, 0.25) is 0 Å². The van der Waals surface area contributed by atoms with E-state index in [1.54, 1.807) is 0 Å². The first-order chi connectivity index (χ1) is 11.4. The van der Waals surface area contributed by atoms with Crippen molar-refractivity contribution in [2.45, 2.75) is 65.1 Å². The molecule has 132 valence electrons. The van der Waals surface area contributed by atoms with E-state index in [-0.39, 0.29) is 6.10 Å². The topological polar surface area (TPSA) is 27.7 Å². The standard InChI is InChI=1S/C20H34O3/c1-3-5-10-14-21-17-20(23-15-11-6-4-2)18-22-16-19-12-8-7-9-13-19/h7-9,12-13,20H,3-6,10-11,14-18H2,1-2H3/t20-/m0/s1. The van der Waals surface area contributed by atoms with E-state index in [1.165, 1.54) is 31.2 Å². The molecule has 0 bridgehead atoms. The molecule has 1 aromatic carbocycles. The lowest BCUT2D eigenvalue weighted by atomic mass is 10.2. The zero-order chi connectivity index (χ0) is 16.6. The van der Waals surface area contributed by atoms with Crippen molar-refractivity contribution in [1.82, 2.24) is 0 Å². The first-order valence-corrected chi connectivity index (χ1v) is 9.17. The van der Waals surface area contributed by atoms with Crippen molar-refractivity contribution in [2.75, 3.05) is 26.4 Å². The molecule has 0 amide bonds. The number of unbranched alkanes of at least 4 members (excludes halogenated alkanes) is 4. The first-order valence-electron chi connectivity index (χ1n) is 9.17. The van der Waals surface area contributed by atoms with Gasteiger partial charge in [0.25, 0.3) is 0 Å². The molecule has 0 saturated heterocycles. The van der Waals surface area contributed by atoms with E-state index in [4.69, 9.17) is 14.2 Å². The van der Waals surface area contributed by atoms with E-state index in [2.05, 4.69) is 26.0 Å². The minimum atomic E-state index is 0.0391. The van der Waals surface area contributed by atoms with Gasteiger partial charge < -0.3 is 14.2 Å². The summed E-state index contributed by atoms with van der Waals surface area (Å²) in [4.78, 5) is 0. The van der Waals surface area contributed by atoms with Gasteiger partial charge in [-0.25, -0.2) is 0 Å². The van der Waals surface area contributed by atoms with Crippen LogP contribution in [0.1, 0.15) is 57.9 Å². The maximum atomic E-state index is 5.94. The Hall–Kier alpha value is -0.900. The SMILES string of the molecule is CCCCCOC[C@@H](COCc1ccccc1)OCCCCC. The zero-order valence-corrected chi connectivity index (χ0v) is 15.0. The molecule has 0 aliphatic rings. The quantitative estimate of drug-likeness (QED) is 0.426. The molecular formula is C20H34O3. The van der Waals surface area contributed by atoms with Crippen LogP contribution in [0.4, 0.5) is 0 Å². The Bertz CT molecular complexity index is 353. The van der Waals surface area contributed by atoms with Crippen LogP contribution in [-0.4, -0.2) is 32.5 Å². The van der Waals surface area contributed by atoms with Crippen LogP contribution in [0, 0.1) is 0 Å². The molecule has 0 aliphatic carbocycles. The predicted molar refractivity (Wildman–Crippen MR) is 95.7 cm³/mol. The Balaban J connectivity index is 2.22. The fourth-order valence-electron chi connectivity index (χ4n) is 2.30. The maximum Gasteiger partial charge on any atom is 0.104 e. The molecule has 0 radical (unpaired) electrons. The van der Waals surface area contributed by atoms with Gasteiger partial charge in [0.15, 0.2) is 0 Å². The smallest absolute Gasteiger partial charge is 0.104 e. The lowest BCUT2D eigenvalue weighted by molar-refractivity contribution is -0.0644. The summed E-state index contributed by atoms with van der Waals surface area (Å²) in [5.41, 5.74) is 1.20. The van der Waals surface area contributed by atoms with Gasteiger partial charge in [-0.2, -0.15) is 0 Å². The summed E-state index contributed by atoms with van der Waals surface area (Å²) in [6.45, 7) is 7.88. The van der Waals surface area contributed by atoms with Gasteiger partial charge in [-0.15, -0.1) is 0 Å². The van der Waals surface area contributed by atoms with Gasteiger partial charge in [0.05, 0.1) is 19.8 Å². The highest BCUT2D eigenvalue weighted by atomic mass is 16.6. The van der Waals surface area contributed by atoms with Gasteiger partial charge >= 0.3 is 0 Å². The van der Waals surface area contributed by atoms with E-state index < -0.39 is 0 Å². The first kappa shape index (κ1) is 20.1. The number of ether oxygens (including phenoxy) is 3. The summed E-state index contributed by atoms with van der Waals surface area (Å²) in [7, 11) is 0. The lowest BCUT2D eigenvalue weighted by Crippen LogP contribution is -2.26. The summed E-state index contributed by atoms with van der Waals surface area (Å²) >= 11 is 0. The van der Waals surface area contributed by atoms with Crippen molar-refractivity contribution >= 4 is 0 Å². The molecule has 1 atom stereocenters. The summed E-state index contributed by atoms with van der Waals surface area (Å²) < 4.78 is 17.5. The van der Waals surface area contributed by atoms with Crippen molar-refractivity contribution in [1.29, 1.82) is 0 Å². The Kier molecular flexibility index (Phi) is 12.9. The van der Waals surface area contributed by atoms with Crippen molar-refractivity contribution in [3.63, 3.8) is 0 Å². The molecule has 0 unspecified atom stereocenters. The third-order valence-electron chi connectivity index (χ3n) is 3.71. The number of hydrogen-bond acceptors (Lipinski definition) is 3. The second-order valence-corrected chi connectivity index (χ2v) is 5.98. The minimum absolute atomic E-state index is 0.0391. The summed E-state index contributed by atoms with van der Waals surface area (Å²) in [6, 6.07) is 10.3. The van der Waals surface area contributed by atoms with Crippen LogP contribution < -0.4 is 0 Å². The van der Waals surface area contributed by atoms with Crippen molar-refractivity contribution in [3.8, 4) is 0 Å². The number of hydrogen-bond donors (Lipinski definition) is 0. The Labute approximate surface area is 142 Å². The molecule has 1 aromatic rings. The fourth-order valence-corrected chi connectivity index (χ4v) is 2.30. The highest BCUT2D eigenvalue weighted by Crippen LogP contribution is 2.05. The number of rotatable bonds is 15. The Morgan fingerprint density at radius 3 is 2.13 bits per heavy atom. The van der Waals surface area contributed by atoms with E-state index in [0.717, 1.165) is 26.1 Å². The molecule has 0 heterocycles. The predicted octanol–water partition coefficient (Wildman–Crippen LogP) is 4.99. The van der Waals surface area contributed by atoms with Crippen LogP contribution in [0.15, 0.2) is 30.3 Å². The highest BCUT2D eigenvalue weighted by molar-refractivity contribution is 5.13. The monoisotopic (exact) mass is 322 g/mol. The number of benzene rings is 1. The maximum absolute atomic E-state index is 5.94. The second kappa shape index (κ2) is 14.7. The third kappa shape index (κ3) is 11.3. The van der Waals surface area contributed by atoms with Crippen LogP contribution in [-0.2, 0) is 20.8 Å². The van der Waals surface area contributed by atoms with Gasteiger partial charge in [-0.1, -0.05) is 69.9 Å². The van der Waals surface area contributed by atoms with E-state index in [1.807, 2.05) is 18.2 Å². The molecule has 0 fully saturated rings.